The van der Waals surface area contributed by atoms with Crippen molar-refractivity contribution in [3.8, 4) is 11.8 Å². The molecule has 10 heteroatoms. The number of benzene rings is 1. The SMILES string of the molecule is CNc1ncc(C#Cc2ccc3nc(CC(F)(F)F)n(C)c3c2)c2cc(NC(=O)C3CC3)ncc12. The smallest absolute Gasteiger partial charge is 0.373 e. The predicted octanol–water partition coefficient (Wildman–Crippen LogP) is 4.41. The Bertz CT molecular complexity index is 1530. The van der Waals surface area contributed by atoms with Crippen LogP contribution in [0.25, 0.3) is 21.8 Å². The molecule has 1 fully saturated rings. The molecular weight excluding hydrogens is 457 g/mol. The molecule has 3 aromatic heterocycles. The van der Waals surface area contributed by atoms with E-state index in [4.69, 9.17) is 0 Å². The molecule has 2 N–H and O–H groups in total. The number of rotatable bonds is 4. The number of amides is 1. The minimum absolute atomic E-state index is 0.0400. The third kappa shape index (κ3) is 4.75. The lowest BCUT2D eigenvalue weighted by atomic mass is 10.1. The van der Waals surface area contributed by atoms with Gasteiger partial charge < -0.3 is 15.2 Å². The number of imidazole rings is 1. The molecule has 7 nitrogen and oxygen atoms in total. The van der Waals surface area contributed by atoms with Crippen molar-refractivity contribution in [3.05, 3.63) is 53.6 Å². The minimum Gasteiger partial charge on any atom is -0.373 e. The Hall–Kier alpha value is -4.13. The number of aryl methyl sites for hydroxylation is 1. The van der Waals surface area contributed by atoms with E-state index in [0.717, 1.165) is 23.6 Å². The number of halogens is 3. The van der Waals surface area contributed by atoms with Crippen LogP contribution in [0, 0.1) is 17.8 Å². The van der Waals surface area contributed by atoms with Gasteiger partial charge in [0.2, 0.25) is 5.91 Å². The first-order valence-corrected chi connectivity index (χ1v) is 11.0. The fraction of sp³-hybridized carbons (Fsp3) is 0.280. The van der Waals surface area contributed by atoms with E-state index in [-0.39, 0.29) is 17.6 Å². The molecule has 1 aliphatic rings. The molecule has 0 atom stereocenters. The zero-order chi connectivity index (χ0) is 24.7. The van der Waals surface area contributed by atoms with Crippen LogP contribution in [0.3, 0.4) is 0 Å². The highest BCUT2D eigenvalue weighted by Crippen LogP contribution is 2.31. The second-order valence-electron chi connectivity index (χ2n) is 8.48. The van der Waals surface area contributed by atoms with Gasteiger partial charge in [-0.1, -0.05) is 11.8 Å². The largest absolute Gasteiger partial charge is 0.396 e. The number of aromatic nitrogens is 4. The Morgan fingerprint density at radius 1 is 1.14 bits per heavy atom. The summed E-state index contributed by atoms with van der Waals surface area (Å²) in [5, 5.41) is 7.40. The van der Waals surface area contributed by atoms with Gasteiger partial charge in [0.1, 0.15) is 23.9 Å². The summed E-state index contributed by atoms with van der Waals surface area (Å²) in [6, 6.07) is 6.88. The average Bonchev–Trinajstić information content (AvgIpc) is 3.63. The van der Waals surface area contributed by atoms with Crippen LogP contribution in [0.2, 0.25) is 0 Å². The number of pyridine rings is 2. The van der Waals surface area contributed by atoms with Crippen molar-refractivity contribution in [1.82, 2.24) is 19.5 Å². The normalized spacial score (nSPS) is 13.5. The summed E-state index contributed by atoms with van der Waals surface area (Å²) in [6.45, 7) is 0. The Kier molecular flexibility index (Phi) is 5.55. The van der Waals surface area contributed by atoms with Crippen LogP contribution in [0.5, 0.6) is 0 Å². The Morgan fingerprint density at radius 2 is 1.94 bits per heavy atom. The summed E-state index contributed by atoms with van der Waals surface area (Å²) < 4.78 is 40.0. The van der Waals surface area contributed by atoms with Crippen LogP contribution >= 0.6 is 0 Å². The molecule has 0 aliphatic heterocycles. The van der Waals surface area contributed by atoms with Gasteiger partial charge in [-0.15, -0.1) is 0 Å². The zero-order valence-corrected chi connectivity index (χ0v) is 19.0. The minimum atomic E-state index is -4.34. The lowest BCUT2D eigenvalue weighted by molar-refractivity contribution is -0.128. The van der Waals surface area contributed by atoms with Crippen LogP contribution in [0.4, 0.5) is 24.8 Å². The molecule has 178 valence electrons. The Morgan fingerprint density at radius 3 is 2.66 bits per heavy atom. The molecule has 1 amide bonds. The number of nitrogens with zero attached hydrogens (tertiary/aromatic N) is 4. The fourth-order valence-electron chi connectivity index (χ4n) is 3.87. The summed E-state index contributed by atoms with van der Waals surface area (Å²) in [7, 11) is 3.32. The van der Waals surface area contributed by atoms with Gasteiger partial charge in [0.05, 0.1) is 16.6 Å². The van der Waals surface area contributed by atoms with Crippen molar-refractivity contribution >= 4 is 39.3 Å². The number of anilines is 2. The summed E-state index contributed by atoms with van der Waals surface area (Å²) in [5.41, 5.74) is 2.30. The van der Waals surface area contributed by atoms with E-state index in [1.54, 1.807) is 50.8 Å². The number of alkyl halides is 3. The van der Waals surface area contributed by atoms with Crippen molar-refractivity contribution in [2.75, 3.05) is 17.7 Å². The highest BCUT2D eigenvalue weighted by molar-refractivity contribution is 5.99. The first-order valence-electron chi connectivity index (χ1n) is 11.0. The van der Waals surface area contributed by atoms with Gasteiger partial charge in [-0.2, -0.15) is 13.2 Å². The predicted molar refractivity (Wildman–Crippen MR) is 127 cm³/mol. The van der Waals surface area contributed by atoms with Crippen molar-refractivity contribution in [3.63, 3.8) is 0 Å². The first-order chi connectivity index (χ1) is 16.7. The number of carbonyl (C=O) groups excluding carboxylic acids is 1. The van der Waals surface area contributed by atoms with E-state index in [2.05, 4.69) is 37.4 Å². The molecular formula is C25H21F3N6O. The molecule has 4 aromatic rings. The quantitative estimate of drug-likeness (QED) is 0.425. The summed E-state index contributed by atoms with van der Waals surface area (Å²) >= 11 is 0. The van der Waals surface area contributed by atoms with Gasteiger partial charge >= 0.3 is 6.18 Å². The molecule has 0 spiro atoms. The van der Waals surface area contributed by atoms with Crippen LogP contribution in [-0.2, 0) is 18.3 Å². The van der Waals surface area contributed by atoms with E-state index in [1.807, 2.05) is 0 Å². The zero-order valence-electron chi connectivity index (χ0n) is 19.0. The van der Waals surface area contributed by atoms with Crippen LogP contribution in [0.15, 0.2) is 36.7 Å². The van der Waals surface area contributed by atoms with Gasteiger partial charge in [-0.25, -0.2) is 15.0 Å². The monoisotopic (exact) mass is 478 g/mol. The third-order valence-electron chi connectivity index (χ3n) is 5.88. The average molecular weight is 478 g/mol. The van der Waals surface area contributed by atoms with Gasteiger partial charge in [0.15, 0.2) is 0 Å². The maximum atomic E-state index is 12.8. The Balaban J connectivity index is 1.51. The number of carbonyl (C=O) groups is 1. The second-order valence-corrected chi connectivity index (χ2v) is 8.48. The maximum absolute atomic E-state index is 12.8. The van der Waals surface area contributed by atoms with Crippen molar-refractivity contribution in [1.29, 1.82) is 0 Å². The molecule has 3 heterocycles. The van der Waals surface area contributed by atoms with E-state index in [0.29, 0.717) is 33.8 Å². The topological polar surface area (TPSA) is 84.7 Å². The number of nitrogens with one attached hydrogen (secondary N) is 2. The number of hydrogen-bond acceptors (Lipinski definition) is 5. The van der Waals surface area contributed by atoms with Gasteiger partial charge in [0, 0.05) is 48.7 Å². The standard InChI is InChI=1S/C25H21F3N6O/c1-29-23-18-13-30-21(33-24(35)15-6-7-15)10-17(18)16(12-31-23)5-3-14-4-8-19-20(9-14)34(2)22(32-19)11-25(26,27)28/h4,8-10,12-13,15H,6-7,11H2,1-2H3,(H,29,31)(H,30,33,35). The molecule has 0 saturated heterocycles. The second kappa shape index (κ2) is 8.58. The van der Waals surface area contributed by atoms with Crippen molar-refractivity contribution < 1.29 is 18.0 Å². The number of hydrogen-bond donors (Lipinski definition) is 2. The molecule has 1 aromatic carbocycles. The fourth-order valence-corrected chi connectivity index (χ4v) is 3.87. The van der Waals surface area contributed by atoms with E-state index < -0.39 is 12.6 Å². The van der Waals surface area contributed by atoms with Crippen molar-refractivity contribution in [2.45, 2.75) is 25.4 Å². The summed E-state index contributed by atoms with van der Waals surface area (Å²) in [5.74, 6) is 7.22. The molecule has 1 aliphatic carbocycles. The molecule has 0 bridgehead atoms. The maximum Gasteiger partial charge on any atom is 0.396 e. The molecule has 35 heavy (non-hydrogen) atoms. The molecule has 5 rings (SSSR count). The lowest BCUT2D eigenvalue weighted by Gasteiger charge is -2.09. The molecule has 0 unspecified atom stereocenters. The van der Waals surface area contributed by atoms with E-state index in [9.17, 15) is 18.0 Å². The van der Waals surface area contributed by atoms with Crippen molar-refractivity contribution in [2.24, 2.45) is 13.0 Å². The van der Waals surface area contributed by atoms with E-state index in [1.165, 1.54) is 4.57 Å². The molecule has 1 saturated carbocycles. The van der Waals surface area contributed by atoms with Gasteiger partial charge in [-0.3, -0.25) is 4.79 Å². The summed E-state index contributed by atoms with van der Waals surface area (Å²) in [6.07, 6.45) is -0.367. The lowest BCUT2D eigenvalue weighted by Crippen LogP contribution is -2.15. The van der Waals surface area contributed by atoms with Crippen LogP contribution < -0.4 is 10.6 Å². The number of fused-ring (bicyclic) bond motifs is 2. The van der Waals surface area contributed by atoms with Crippen LogP contribution in [0.1, 0.15) is 29.8 Å². The third-order valence-corrected chi connectivity index (χ3v) is 5.88. The highest BCUT2D eigenvalue weighted by atomic mass is 19.4. The van der Waals surface area contributed by atoms with Crippen LogP contribution in [-0.4, -0.2) is 38.7 Å². The first kappa shape index (κ1) is 22.7. The summed E-state index contributed by atoms with van der Waals surface area (Å²) in [4.78, 5) is 25.0. The van der Waals surface area contributed by atoms with Gasteiger partial charge in [-0.05, 0) is 37.1 Å². The Labute approximate surface area is 198 Å². The van der Waals surface area contributed by atoms with E-state index >= 15 is 0 Å². The highest BCUT2D eigenvalue weighted by Gasteiger charge is 2.31. The molecule has 0 radical (unpaired) electrons. The van der Waals surface area contributed by atoms with Gasteiger partial charge in [0.25, 0.3) is 0 Å².